The van der Waals surface area contributed by atoms with Crippen molar-refractivity contribution in [2.24, 2.45) is 0 Å². The van der Waals surface area contributed by atoms with Crippen molar-refractivity contribution >= 4 is 11.9 Å². The molecule has 0 aromatic heterocycles. The van der Waals surface area contributed by atoms with Crippen LogP contribution in [-0.4, -0.2) is 19.0 Å². The second-order valence-electron chi connectivity index (χ2n) is 5.27. The van der Waals surface area contributed by atoms with Crippen LogP contribution in [-0.2, 0) is 24.5 Å². The minimum Gasteiger partial charge on any atom is -0.468 e. The average Bonchev–Trinajstić information content (AvgIpc) is 2.94. The maximum absolute atomic E-state index is 12.6. The molecule has 3 rings (SSSR count). The number of benzene rings is 2. The van der Waals surface area contributed by atoms with Gasteiger partial charge in [-0.3, -0.25) is 9.59 Å². The summed E-state index contributed by atoms with van der Waals surface area (Å²) in [4.78, 5) is 25.0. The Balaban J connectivity index is 2.04. The van der Waals surface area contributed by atoms with Crippen molar-refractivity contribution in [3.63, 3.8) is 0 Å². The molecule has 112 valence electrons. The van der Waals surface area contributed by atoms with E-state index in [1.807, 2.05) is 36.4 Å². The second-order valence-corrected chi connectivity index (χ2v) is 5.27. The maximum atomic E-state index is 12.6. The molecule has 0 spiro atoms. The molecule has 1 saturated heterocycles. The molecule has 0 N–H and O–H groups in total. The van der Waals surface area contributed by atoms with Crippen LogP contribution in [0, 0.1) is 0 Å². The van der Waals surface area contributed by atoms with E-state index in [9.17, 15) is 9.59 Å². The normalized spacial score (nSPS) is 23.9. The SMILES string of the molecule is COC(=O)[C@]1(c2ccccc2)C[C@@H](c2ccccc2)OC1=O. The van der Waals surface area contributed by atoms with Crippen LogP contribution in [0.3, 0.4) is 0 Å². The van der Waals surface area contributed by atoms with Crippen molar-refractivity contribution in [1.82, 2.24) is 0 Å². The van der Waals surface area contributed by atoms with Gasteiger partial charge in [-0.25, -0.2) is 0 Å². The fourth-order valence-electron chi connectivity index (χ4n) is 2.90. The summed E-state index contributed by atoms with van der Waals surface area (Å²) in [5.41, 5.74) is 0.0825. The number of rotatable bonds is 3. The first-order valence-electron chi connectivity index (χ1n) is 7.08. The number of esters is 2. The molecule has 0 bridgehead atoms. The van der Waals surface area contributed by atoms with Gasteiger partial charge >= 0.3 is 11.9 Å². The first kappa shape index (κ1) is 14.3. The third kappa shape index (κ3) is 2.17. The third-order valence-corrected chi connectivity index (χ3v) is 4.06. The zero-order chi connectivity index (χ0) is 15.6. The highest BCUT2D eigenvalue weighted by Crippen LogP contribution is 2.44. The molecular weight excluding hydrogens is 280 g/mol. The Labute approximate surface area is 128 Å². The molecule has 0 amide bonds. The van der Waals surface area contributed by atoms with E-state index in [0.29, 0.717) is 5.56 Å². The lowest BCUT2D eigenvalue weighted by atomic mass is 9.77. The molecule has 2 aromatic rings. The average molecular weight is 296 g/mol. The number of hydrogen-bond donors (Lipinski definition) is 0. The number of carbonyl (C=O) groups excluding carboxylic acids is 2. The molecule has 1 aliphatic rings. The fourth-order valence-corrected chi connectivity index (χ4v) is 2.90. The van der Waals surface area contributed by atoms with Crippen molar-refractivity contribution in [1.29, 1.82) is 0 Å². The van der Waals surface area contributed by atoms with Gasteiger partial charge in [-0.2, -0.15) is 0 Å². The Hall–Kier alpha value is -2.62. The van der Waals surface area contributed by atoms with Crippen LogP contribution < -0.4 is 0 Å². The summed E-state index contributed by atoms with van der Waals surface area (Å²) in [6, 6.07) is 18.4. The van der Waals surface area contributed by atoms with Crippen LogP contribution in [0.4, 0.5) is 0 Å². The van der Waals surface area contributed by atoms with Gasteiger partial charge in [0.15, 0.2) is 5.41 Å². The molecule has 1 fully saturated rings. The molecule has 0 aliphatic carbocycles. The van der Waals surface area contributed by atoms with E-state index < -0.39 is 23.5 Å². The van der Waals surface area contributed by atoms with Crippen LogP contribution in [0.25, 0.3) is 0 Å². The summed E-state index contributed by atoms with van der Waals surface area (Å²) in [5.74, 6) is -1.14. The minimum absolute atomic E-state index is 0.243. The van der Waals surface area contributed by atoms with Crippen molar-refractivity contribution < 1.29 is 19.1 Å². The topological polar surface area (TPSA) is 52.6 Å². The smallest absolute Gasteiger partial charge is 0.328 e. The summed E-state index contributed by atoms with van der Waals surface area (Å²) in [5, 5.41) is 0. The third-order valence-electron chi connectivity index (χ3n) is 4.06. The minimum atomic E-state index is -1.39. The van der Waals surface area contributed by atoms with E-state index in [4.69, 9.17) is 9.47 Å². The van der Waals surface area contributed by atoms with E-state index in [0.717, 1.165) is 5.56 Å². The van der Waals surface area contributed by atoms with Crippen molar-refractivity contribution in [2.75, 3.05) is 7.11 Å². The molecule has 1 heterocycles. The summed E-state index contributed by atoms with van der Waals surface area (Å²) < 4.78 is 10.4. The Morgan fingerprint density at radius 3 is 2.27 bits per heavy atom. The van der Waals surface area contributed by atoms with Crippen LogP contribution in [0.5, 0.6) is 0 Å². The summed E-state index contributed by atoms with van der Waals surface area (Å²) in [6.07, 6.45) is -0.208. The van der Waals surface area contributed by atoms with Crippen LogP contribution >= 0.6 is 0 Å². The van der Waals surface area contributed by atoms with Gasteiger partial charge in [-0.05, 0) is 11.1 Å². The lowest BCUT2D eigenvalue weighted by Gasteiger charge is -2.22. The first-order chi connectivity index (χ1) is 10.7. The summed E-state index contributed by atoms with van der Waals surface area (Å²) in [6.45, 7) is 0. The van der Waals surface area contributed by atoms with Crippen molar-refractivity contribution in [3.8, 4) is 0 Å². The molecule has 0 unspecified atom stereocenters. The lowest BCUT2D eigenvalue weighted by Crippen LogP contribution is -2.41. The highest BCUT2D eigenvalue weighted by molar-refractivity contribution is 6.07. The van der Waals surface area contributed by atoms with Gasteiger partial charge in [0, 0.05) is 6.42 Å². The Morgan fingerprint density at radius 1 is 1.09 bits per heavy atom. The predicted molar refractivity (Wildman–Crippen MR) is 80.0 cm³/mol. The lowest BCUT2D eigenvalue weighted by molar-refractivity contribution is -0.157. The van der Waals surface area contributed by atoms with E-state index in [2.05, 4.69) is 0 Å². The van der Waals surface area contributed by atoms with E-state index >= 15 is 0 Å². The molecule has 0 radical (unpaired) electrons. The molecular formula is C18H16O4. The van der Waals surface area contributed by atoms with E-state index in [1.165, 1.54) is 7.11 Å². The van der Waals surface area contributed by atoms with Crippen LogP contribution in [0.1, 0.15) is 23.7 Å². The molecule has 2 aromatic carbocycles. The van der Waals surface area contributed by atoms with Crippen LogP contribution in [0.15, 0.2) is 60.7 Å². The number of cyclic esters (lactones) is 1. The largest absolute Gasteiger partial charge is 0.468 e. The Bertz CT molecular complexity index is 681. The van der Waals surface area contributed by atoms with Gasteiger partial charge in [-0.1, -0.05) is 60.7 Å². The van der Waals surface area contributed by atoms with E-state index in [1.54, 1.807) is 24.3 Å². The van der Waals surface area contributed by atoms with Gasteiger partial charge in [0.1, 0.15) is 6.10 Å². The molecule has 4 heteroatoms. The zero-order valence-electron chi connectivity index (χ0n) is 12.2. The summed E-state index contributed by atoms with van der Waals surface area (Å²) >= 11 is 0. The van der Waals surface area contributed by atoms with Gasteiger partial charge in [0.2, 0.25) is 0 Å². The quantitative estimate of drug-likeness (QED) is 0.645. The van der Waals surface area contributed by atoms with Crippen LogP contribution in [0.2, 0.25) is 0 Å². The number of carbonyl (C=O) groups is 2. The maximum Gasteiger partial charge on any atom is 0.328 e. The van der Waals surface area contributed by atoms with Crippen molar-refractivity contribution in [2.45, 2.75) is 17.9 Å². The molecule has 2 atom stereocenters. The van der Waals surface area contributed by atoms with Gasteiger partial charge < -0.3 is 9.47 Å². The monoisotopic (exact) mass is 296 g/mol. The summed E-state index contributed by atoms with van der Waals surface area (Å²) in [7, 11) is 1.29. The van der Waals surface area contributed by atoms with E-state index in [-0.39, 0.29) is 6.42 Å². The van der Waals surface area contributed by atoms with Gasteiger partial charge in [-0.15, -0.1) is 0 Å². The molecule has 22 heavy (non-hydrogen) atoms. The van der Waals surface area contributed by atoms with Gasteiger partial charge in [0.25, 0.3) is 0 Å². The Kier molecular flexibility index (Phi) is 3.67. The highest BCUT2D eigenvalue weighted by atomic mass is 16.6. The Morgan fingerprint density at radius 2 is 1.68 bits per heavy atom. The molecule has 4 nitrogen and oxygen atoms in total. The predicted octanol–water partition coefficient (Wildman–Crippen LogP) is 2.79. The zero-order valence-corrected chi connectivity index (χ0v) is 12.2. The number of hydrogen-bond acceptors (Lipinski definition) is 4. The molecule has 1 aliphatic heterocycles. The second kappa shape index (κ2) is 5.64. The highest BCUT2D eigenvalue weighted by Gasteiger charge is 2.57. The number of ether oxygens (including phenoxy) is 2. The number of methoxy groups -OCH3 is 1. The van der Waals surface area contributed by atoms with Gasteiger partial charge in [0.05, 0.1) is 7.11 Å². The first-order valence-corrected chi connectivity index (χ1v) is 7.08. The van der Waals surface area contributed by atoms with Crippen molar-refractivity contribution in [3.05, 3.63) is 71.8 Å². The fraction of sp³-hybridized carbons (Fsp3) is 0.222. The standard InChI is InChI=1S/C18H16O4/c1-21-16(19)18(14-10-6-3-7-11-14)12-15(22-17(18)20)13-8-4-2-5-9-13/h2-11,15H,12H2,1H3/t15-,18+/m0/s1. The molecule has 0 saturated carbocycles.